The second-order valence-corrected chi connectivity index (χ2v) is 10.1. The van der Waals surface area contributed by atoms with Crippen molar-refractivity contribution in [2.75, 3.05) is 0 Å². The molecule has 2 aromatic rings. The maximum Gasteiger partial charge on any atom is 0.261 e. The molecule has 1 unspecified atom stereocenters. The van der Waals surface area contributed by atoms with Gasteiger partial charge in [0.2, 0.25) is 0 Å². The van der Waals surface area contributed by atoms with Crippen LogP contribution in [0.25, 0.3) is 5.57 Å². The molecule has 1 fully saturated rings. The molecule has 1 saturated carbocycles. The quantitative estimate of drug-likeness (QED) is 0.515. The van der Waals surface area contributed by atoms with Gasteiger partial charge in [0.05, 0.1) is 11.3 Å². The molecule has 0 aliphatic heterocycles. The van der Waals surface area contributed by atoms with E-state index in [1.165, 1.54) is 17.6 Å². The minimum absolute atomic E-state index is 0.115. The van der Waals surface area contributed by atoms with Crippen molar-refractivity contribution in [2.45, 2.75) is 70.3 Å². The van der Waals surface area contributed by atoms with Crippen molar-refractivity contribution in [3.8, 4) is 0 Å². The SMILES string of the molecule is O=C(CCc1nc2c(c(=O)n1C1CC1)C1=C(C2)CC(CC2=CC=CC2)CC1)c1ccccc1. The lowest BCUT2D eigenvalue weighted by Gasteiger charge is -2.24. The Morgan fingerprint density at radius 1 is 1.12 bits per heavy atom. The molecule has 168 valence electrons. The summed E-state index contributed by atoms with van der Waals surface area (Å²) in [7, 11) is 0. The molecule has 4 aliphatic rings. The first-order valence-electron chi connectivity index (χ1n) is 12.5. The first kappa shape index (κ1) is 20.6. The maximum atomic E-state index is 13.7. The number of rotatable bonds is 7. The summed E-state index contributed by atoms with van der Waals surface area (Å²) in [6.07, 6.45) is 16.0. The van der Waals surface area contributed by atoms with Crippen LogP contribution >= 0.6 is 0 Å². The Morgan fingerprint density at radius 3 is 2.73 bits per heavy atom. The number of carbonyl (C=O) groups is 1. The van der Waals surface area contributed by atoms with Gasteiger partial charge in [-0.2, -0.15) is 0 Å². The molecule has 1 aromatic carbocycles. The average molecular weight is 439 g/mol. The van der Waals surface area contributed by atoms with Gasteiger partial charge in [0.15, 0.2) is 5.78 Å². The van der Waals surface area contributed by atoms with Gasteiger partial charge in [-0.25, -0.2) is 4.98 Å². The number of fused-ring (bicyclic) bond motifs is 2. The number of benzene rings is 1. The molecular formula is C29H30N2O2. The van der Waals surface area contributed by atoms with Gasteiger partial charge >= 0.3 is 0 Å². The number of allylic oxidation sites excluding steroid dienone is 6. The van der Waals surface area contributed by atoms with E-state index in [9.17, 15) is 9.59 Å². The molecule has 4 aliphatic carbocycles. The summed E-state index contributed by atoms with van der Waals surface area (Å²) in [5.74, 6) is 1.60. The molecule has 6 rings (SSSR count). The Hall–Kier alpha value is -3.01. The highest BCUT2D eigenvalue weighted by molar-refractivity contribution is 5.96. The predicted molar refractivity (Wildman–Crippen MR) is 130 cm³/mol. The van der Waals surface area contributed by atoms with Gasteiger partial charge in [0.25, 0.3) is 5.56 Å². The molecular weight excluding hydrogens is 408 g/mol. The fourth-order valence-corrected chi connectivity index (χ4v) is 5.91. The highest BCUT2D eigenvalue weighted by Gasteiger charge is 2.35. The largest absolute Gasteiger partial charge is 0.294 e. The number of aromatic nitrogens is 2. The van der Waals surface area contributed by atoms with Crippen molar-refractivity contribution in [3.05, 3.63) is 92.7 Å². The fourth-order valence-electron chi connectivity index (χ4n) is 5.91. The Labute approximate surface area is 194 Å². The number of hydrogen-bond acceptors (Lipinski definition) is 3. The maximum absolute atomic E-state index is 13.7. The van der Waals surface area contributed by atoms with Crippen LogP contribution in [0.1, 0.15) is 84.8 Å². The van der Waals surface area contributed by atoms with Crippen molar-refractivity contribution in [1.29, 1.82) is 0 Å². The molecule has 0 bridgehead atoms. The topological polar surface area (TPSA) is 52.0 Å². The van der Waals surface area contributed by atoms with Crippen molar-refractivity contribution in [2.24, 2.45) is 5.92 Å². The summed E-state index contributed by atoms with van der Waals surface area (Å²) in [6, 6.07) is 9.69. The van der Waals surface area contributed by atoms with Crippen LogP contribution in [0.3, 0.4) is 0 Å². The van der Waals surface area contributed by atoms with Gasteiger partial charge in [0.1, 0.15) is 5.82 Å². The van der Waals surface area contributed by atoms with Gasteiger partial charge < -0.3 is 0 Å². The molecule has 1 atom stereocenters. The zero-order valence-corrected chi connectivity index (χ0v) is 19.1. The number of Topliss-reactive ketones (excluding diaryl/α,β-unsaturated/α-hetero) is 1. The number of carbonyl (C=O) groups excluding carboxylic acids is 1. The van der Waals surface area contributed by atoms with Crippen LogP contribution in [-0.2, 0) is 12.8 Å². The van der Waals surface area contributed by atoms with Crippen LogP contribution < -0.4 is 5.56 Å². The lowest BCUT2D eigenvalue weighted by Crippen LogP contribution is -2.28. The minimum Gasteiger partial charge on any atom is -0.294 e. The average Bonchev–Trinajstić information content (AvgIpc) is 3.40. The van der Waals surface area contributed by atoms with Gasteiger partial charge in [-0.1, -0.05) is 59.7 Å². The van der Waals surface area contributed by atoms with Crippen molar-refractivity contribution < 1.29 is 4.79 Å². The lowest BCUT2D eigenvalue weighted by atomic mass is 9.81. The summed E-state index contributed by atoms with van der Waals surface area (Å²) < 4.78 is 1.94. The number of aryl methyl sites for hydroxylation is 1. The molecule has 0 radical (unpaired) electrons. The van der Waals surface area contributed by atoms with Crippen LogP contribution in [0, 0.1) is 5.92 Å². The third-order valence-corrected chi connectivity index (χ3v) is 7.69. The Morgan fingerprint density at radius 2 is 1.97 bits per heavy atom. The van der Waals surface area contributed by atoms with E-state index in [0.29, 0.717) is 18.8 Å². The summed E-state index contributed by atoms with van der Waals surface area (Å²) in [5.41, 5.74) is 7.02. The number of ketones is 1. The number of nitrogens with zero attached hydrogens (tertiary/aromatic N) is 2. The van der Waals surface area contributed by atoms with E-state index in [1.54, 1.807) is 5.57 Å². The molecule has 0 amide bonds. The van der Waals surface area contributed by atoms with Crippen molar-refractivity contribution in [1.82, 2.24) is 9.55 Å². The first-order valence-corrected chi connectivity index (χ1v) is 12.5. The Bertz CT molecular complexity index is 1260. The normalized spacial score (nSPS) is 21.2. The van der Waals surface area contributed by atoms with Crippen molar-refractivity contribution in [3.63, 3.8) is 0 Å². The standard InChI is InChI=1S/C29H30N2O2/c32-26(21-8-2-1-3-9-21)14-15-27-30-25-18-22-17-20(16-19-6-4-5-7-19)10-13-24(22)28(25)29(33)31(27)23-11-12-23/h1-6,8-9,20,23H,7,10-18H2. The number of hydrogen-bond donors (Lipinski definition) is 0. The molecule has 0 saturated heterocycles. The highest BCUT2D eigenvalue weighted by Crippen LogP contribution is 2.44. The first-order chi connectivity index (χ1) is 16.2. The molecule has 4 nitrogen and oxygen atoms in total. The zero-order valence-electron chi connectivity index (χ0n) is 19.1. The van der Waals surface area contributed by atoms with Gasteiger partial charge in [-0.15, -0.1) is 0 Å². The van der Waals surface area contributed by atoms with Gasteiger partial charge in [-0.3, -0.25) is 14.2 Å². The monoisotopic (exact) mass is 438 g/mol. The molecule has 0 spiro atoms. The van der Waals surface area contributed by atoms with E-state index >= 15 is 0 Å². The minimum atomic E-state index is 0.115. The summed E-state index contributed by atoms with van der Waals surface area (Å²) >= 11 is 0. The van der Waals surface area contributed by atoms with E-state index in [4.69, 9.17) is 4.98 Å². The van der Waals surface area contributed by atoms with Gasteiger partial charge in [-0.05, 0) is 56.4 Å². The molecule has 33 heavy (non-hydrogen) atoms. The third-order valence-electron chi connectivity index (χ3n) is 7.69. The zero-order chi connectivity index (χ0) is 22.4. The Balaban J connectivity index is 1.24. The lowest BCUT2D eigenvalue weighted by molar-refractivity contribution is 0.0981. The molecule has 1 heterocycles. The van der Waals surface area contributed by atoms with Crippen molar-refractivity contribution >= 4 is 11.4 Å². The van der Waals surface area contributed by atoms with E-state index in [-0.39, 0.29) is 17.4 Å². The third kappa shape index (κ3) is 3.96. The van der Waals surface area contributed by atoms with Crippen LogP contribution in [-0.4, -0.2) is 15.3 Å². The van der Waals surface area contributed by atoms with E-state index < -0.39 is 0 Å². The van der Waals surface area contributed by atoms with E-state index in [0.717, 1.165) is 67.6 Å². The summed E-state index contributed by atoms with van der Waals surface area (Å²) in [6.45, 7) is 0. The molecule has 4 heteroatoms. The summed E-state index contributed by atoms with van der Waals surface area (Å²) in [5, 5.41) is 0. The van der Waals surface area contributed by atoms with E-state index in [1.807, 2.05) is 34.9 Å². The van der Waals surface area contributed by atoms with E-state index in [2.05, 4.69) is 18.2 Å². The van der Waals surface area contributed by atoms with Crippen LogP contribution in [0.4, 0.5) is 0 Å². The Kier molecular flexibility index (Phi) is 5.24. The smallest absolute Gasteiger partial charge is 0.261 e. The fraction of sp³-hybridized carbons (Fsp3) is 0.414. The van der Waals surface area contributed by atoms with Crippen LogP contribution in [0.2, 0.25) is 0 Å². The second kappa shape index (κ2) is 8.40. The van der Waals surface area contributed by atoms with Crippen LogP contribution in [0.5, 0.6) is 0 Å². The second-order valence-electron chi connectivity index (χ2n) is 10.1. The highest BCUT2D eigenvalue weighted by atomic mass is 16.1. The molecule has 0 N–H and O–H groups in total. The van der Waals surface area contributed by atoms with Crippen LogP contribution in [0.15, 0.2) is 64.5 Å². The van der Waals surface area contributed by atoms with Gasteiger partial charge in [0, 0.05) is 30.9 Å². The summed E-state index contributed by atoms with van der Waals surface area (Å²) in [4.78, 5) is 31.4. The predicted octanol–water partition coefficient (Wildman–Crippen LogP) is 5.78. The molecule has 1 aromatic heterocycles.